The minimum absolute atomic E-state index is 0.230. The lowest BCUT2D eigenvalue weighted by Crippen LogP contribution is -2.09. The highest BCUT2D eigenvalue weighted by Crippen LogP contribution is 2.41. The number of aromatic amines is 1. The Kier molecular flexibility index (Phi) is 4.69. The predicted octanol–water partition coefficient (Wildman–Crippen LogP) is 4.32. The Morgan fingerprint density at radius 1 is 0.926 bits per heavy atom. The summed E-state index contributed by atoms with van der Waals surface area (Å²) in [6, 6.07) is 20.5. The zero-order valence-corrected chi connectivity index (χ0v) is 15.1. The fourth-order valence-electron chi connectivity index (χ4n) is 3.06. The Bertz CT molecular complexity index is 1220. The van der Waals surface area contributed by atoms with E-state index in [2.05, 4.69) is 4.98 Å². The van der Waals surface area contributed by atoms with Crippen molar-refractivity contribution in [2.24, 2.45) is 5.73 Å². The van der Waals surface area contributed by atoms with Crippen molar-refractivity contribution in [2.75, 3.05) is 6.73 Å². The van der Waals surface area contributed by atoms with Gasteiger partial charge in [0.25, 0.3) is 5.56 Å². The highest BCUT2D eigenvalue weighted by atomic mass is 31.1. The van der Waals surface area contributed by atoms with Crippen LogP contribution < -0.4 is 15.8 Å². The van der Waals surface area contributed by atoms with E-state index in [0.717, 1.165) is 21.7 Å². The molecule has 3 aromatic carbocycles. The summed E-state index contributed by atoms with van der Waals surface area (Å²) in [7, 11) is -2.47. The maximum Gasteiger partial charge on any atom is 0.751 e. The molecule has 1 unspecified atom stereocenters. The van der Waals surface area contributed by atoms with Crippen molar-refractivity contribution in [1.29, 1.82) is 0 Å². The maximum atomic E-state index is 12.7. The molecule has 0 spiro atoms. The highest BCUT2D eigenvalue weighted by molar-refractivity contribution is 7.33. The molecule has 7 heteroatoms. The Labute approximate surface area is 155 Å². The summed E-state index contributed by atoms with van der Waals surface area (Å²) in [6.07, 6.45) is 0. The van der Waals surface area contributed by atoms with Crippen LogP contribution in [0.3, 0.4) is 0 Å². The highest BCUT2D eigenvalue weighted by Gasteiger charge is 2.26. The van der Waals surface area contributed by atoms with Crippen molar-refractivity contribution in [1.82, 2.24) is 4.98 Å². The standard InChI is InChI=1S/C20H15N2O4P/c21-12-25-27(24)26-19-15-7-3-1-5-13(15)9-10-16(19)17-11-14-6-2-4-8-18(14)22-20(17)23/h1-11H,12,21H2/p+1. The minimum atomic E-state index is -2.47. The van der Waals surface area contributed by atoms with Crippen molar-refractivity contribution < 1.29 is 13.6 Å². The van der Waals surface area contributed by atoms with Crippen LogP contribution in [0, 0.1) is 0 Å². The number of rotatable bonds is 5. The first-order valence-corrected chi connectivity index (χ1v) is 9.39. The summed E-state index contributed by atoms with van der Waals surface area (Å²) in [5.74, 6) is 0.323. The van der Waals surface area contributed by atoms with Crippen LogP contribution in [0.1, 0.15) is 0 Å². The molecule has 4 aromatic rings. The van der Waals surface area contributed by atoms with Crippen molar-refractivity contribution in [3.8, 4) is 16.9 Å². The van der Waals surface area contributed by atoms with Crippen LogP contribution in [0.25, 0.3) is 32.8 Å². The lowest BCUT2D eigenvalue weighted by Gasteiger charge is -2.09. The van der Waals surface area contributed by atoms with E-state index in [-0.39, 0.29) is 12.3 Å². The van der Waals surface area contributed by atoms with Crippen LogP contribution in [0.2, 0.25) is 0 Å². The first-order chi connectivity index (χ1) is 13.2. The van der Waals surface area contributed by atoms with E-state index in [1.165, 1.54) is 0 Å². The third kappa shape index (κ3) is 3.34. The first kappa shape index (κ1) is 17.4. The van der Waals surface area contributed by atoms with Gasteiger partial charge in [0, 0.05) is 21.0 Å². The van der Waals surface area contributed by atoms with Gasteiger partial charge < -0.3 is 10.7 Å². The summed E-state index contributed by atoms with van der Waals surface area (Å²) in [5, 5.41) is 2.50. The minimum Gasteiger partial charge on any atom is -0.321 e. The predicted molar refractivity (Wildman–Crippen MR) is 106 cm³/mol. The maximum absolute atomic E-state index is 12.7. The molecule has 0 radical (unpaired) electrons. The molecule has 0 fully saturated rings. The van der Waals surface area contributed by atoms with Gasteiger partial charge in [0.1, 0.15) is 0 Å². The number of hydrogen-bond donors (Lipinski definition) is 2. The quantitative estimate of drug-likeness (QED) is 0.398. The van der Waals surface area contributed by atoms with Crippen LogP contribution in [-0.4, -0.2) is 11.7 Å². The largest absolute Gasteiger partial charge is 0.751 e. The second-order valence-corrected chi connectivity index (χ2v) is 6.76. The second-order valence-electron chi connectivity index (χ2n) is 5.87. The molecular formula is C20H16N2O4P+. The number of nitrogens with one attached hydrogen (secondary N) is 1. The average Bonchev–Trinajstić information content (AvgIpc) is 2.68. The van der Waals surface area contributed by atoms with Gasteiger partial charge in [-0.2, -0.15) is 0 Å². The summed E-state index contributed by atoms with van der Waals surface area (Å²) >= 11 is 0. The Balaban J connectivity index is 1.97. The van der Waals surface area contributed by atoms with Crippen molar-refractivity contribution in [3.05, 3.63) is 77.1 Å². The van der Waals surface area contributed by atoms with Gasteiger partial charge in [-0.25, -0.2) is 4.52 Å². The van der Waals surface area contributed by atoms with Crippen molar-refractivity contribution in [2.45, 2.75) is 0 Å². The topological polar surface area (TPSA) is 94.4 Å². The smallest absolute Gasteiger partial charge is 0.321 e. The molecule has 0 saturated heterocycles. The van der Waals surface area contributed by atoms with Crippen molar-refractivity contribution in [3.63, 3.8) is 0 Å². The average molecular weight is 379 g/mol. The summed E-state index contributed by atoms with van der Waals surface area (Å²) in [4.78, 5) is 15.6. The molecule has 0 aliphatic heterocycles. The number of nitrogens with two attached hydrogens (primary N) is 1. The van der Waals surface area contributed by atoms with E-state index >= 15 is 0 Å². The first-order valence-electron chi connectivity index (χ1n) is 8.30. The monoisotopic (exact) mass is 379 g/mol. The summed E-state index contributed by atoms with van der Waals surface area (Å²) in [6.45, 7) is -0.230. The van der Waals surface area contributed by atoms with Crippen LogP contribution in [-0.2, 0) is 9.09 Å². The molecule has 4 rings (SSSR count). The van der Waals surface area contributed by atoms with Crippen LogP contribution in [0.5, 0.6) is 5.75 Å². The number of aromatic nitrogens is 1. The van der Waals surface area contributed by atoms with Crippen LogP contribution in [0.4, 0.5) is 0 Å². The van der Waals surface area contributed by atoms with Gasteiger partial charge in [0.15, 0.2) is 6.73 Å². The van der Waals surface area contributed by atoms with Crippen LogP contribution >= 0.6 is 8.25 Å². The molecule has 0 aliphatic rings. The number of H-pyrrole nitrogens is 1. The van der Waals surface area contributed by atoms with E-state index in [4.69, 9.17) is 14.8 Å². The van der Waals surface area contributed by atoms with Gasteiger partial charge in [-0.1, -0.05) is 53.1 Å². The Morgan fingerprint density at radius 2 is 1.67 bits per heavy atom. The molecule has 0 aliphatic carbocycles. The van der Waals surface area contributed by atoms with Gasteiger partial charge in [-0.05, 0) is 29.0 Å². The van der Waals surface area contributed by atoms with Gasteiger partial charge in [-0.3, -0.25) is 4.79 Å². The SMILES string of the molecule is NCO[P+](=O)Oc1c(-c2cc3ccccc3[nH]c2=O)ccc2ccccc12. The van der Waals surface area contributed by atoms with Crippen molar-refractivity contribution >= 4 is 29.9 Å². The lowest BCUT2D eigenvalue weighted by atomic mass is 9.99. The van der Waals surface area contributed by atoms with E-state index < -0.39 is 8.25 Å². The van der Waals surface area contributed by atoms with E-state index in [9.17, 15) is 9.36 Å². The summed E-state index contributed by atoms with van der Waals surface area (Å²) < 4.78 is 22.5. The number of para-hydroxylation sites is 1. The zero-order valence-electron chi connectivity index (χ0n) is 14.2. The zero-order chi connectivity index (χ0) is 18.8. The Hall–Kier alpha value is -3.05. The van der Waals surface area contributed by atoms with E-state index in [1.807, 2.05) is 54.6 Å². The number of pyridine rings is 1. The molecule has 27 heavy (non-hydrogen) atoms. The van der Waals surface area contributed by atoms with Gasteiger partial charge in [0.2, 0.25) is 5.75 Å². The normalized spacial score (nSPS) is 11.7. The van der Waals surface area contributed by atoms with E-state index in [0.29, 0.717) is 16.9 Å². The molecule has 1 atom stereocenters. The lowest BCUT2D eigenvalue weighted by molar-refractivity contribution is 0.296. The third-order valence-corrected chi connectivity index (χ3v) is 4.96. The number of benzene rings is 3. The Morgan fingerprint density at radius 3 is 2.48 bits per heavy atom. The van der Waals surface area contributed by atoms with Gasteiger partial charge in [0.05, 0.1) is 5.56 Å². The molecule has 1 aromatic heterocycles. The fourth-order valence-corrected chi connectivity index (χ4v) is 3.58. The number of hydrogen-bond acceptors (Lipinski definition) is 5. The van der Waals surface area contributed by atoms with Crippen LogP contribution in [0.15, 0.2) is 71.5 Å². The number of fused-ring (bicyclic) bond motifs is 2. The summed E-state index contributed by atoms with van der Waals surface area (Å²) in [5.41, 5.74) is 6.73. The van der Waals surface area contributed by atoms with Gasteiger partial charge in [-0.15, -0.1) is 0 Å². The molecule has 134 valence electrons. The van der Waals surface area contributed by atoms with E-state index in [1.54, 1.807) is 12.1 Å². The molecule has 3 N–H and O–H groups in total. The molecule has 0 saturated carbocycles. The molecular weight excluding hydrogens is 363 g/mol. The molecule has 0 amide bonds. The molecule has 6 nitrogen and oxygen atoms in total. The molecule has 0 bridgehead atoms. The third-order valence-electron chi connectivity index (χ3n) is 4.27. The second kappa shape index (κ2) is 7.29. The van der Waals surface area contributed by atoms with Gasteiger partial charge >= 0.3 is 8.25 Å². The molecule has 1 heterocycles. The fraction of sp³-hybridized carbons (Fsp3) is 0.0500.